The van der Waals surface area contributed by atoms with E-state index in [9.17, 15) is 4.39 Å². The molecule has 0 aliphatic rings. The van der Waals surface area contributed by atoms with Crippen molar-refractivity contribution in [2.45, 2.75) is 19.1 Å². The Balaban J connectivity index is 2.16. The minimum Gasteiger partial charge on any atom is -0.484 e. The van der Waals surface area contributed by atoms with Crippen molar-refractivity contribution in [2.75, 3.05) is 0 Å². The summed E-state index contributed by atoms with van der Waals surface area (Å²) in [5.41, 5.74) is 6.96. The molecule has 0 amide bonds. The number of hydrogen-bond acceptors (Lipinski definition) is 3. The topological polar surface area (TPSA) is 35.2 Å². The van der Waals surface area contributed by atoms with E-state index in [2.05, 4.69) is 0 Å². The van der Waals surface area contributed by atoms with Crippen LogP contribution >= 0.6 is 11.3 Å². The van der Waals surface area contributed by atoms with E-state index in [1.54, 1.807) is 23.5 Å². The van der Waals surface area contributed by atoms with E-state index in [0.717, 1.165) is 5.56 Å². The lowest BCUT2D eigenvalue weighted by molar-refractivity contribution is 0.181. The first-order chi connectivity index (χ1) is 8.16. The van der Waals surface area contributed by atoms with Gasteiger partial charge < -0.3 is 10.5 Å². The monoisotopic (exact) mass is 251 g/mol. The Morgan fingerprint density at radius 3 is 2.47 bits per heavy atom. The van der Waals surface area contributed by atoms with E-state index in [0.29, 0.717) is 5.75 Å². The van der Waals surface area contributed by atoms with Crippen molar-refractivity contribution in [3.05, 3.63) is 52.5 Å². The molecule has 90 valence electrons. The summed E-state index contributed by atoms with van der Waals surface area (Å²) in [4.78, 5) is 0. The Kier molecular flexibility index (Phi) is 3.76. The Morgan fingerprint density at radius 2 is 1.94 bits per heavy atom. The molecule has 2 rings (SSSR count). The molecule has 2 atom stereocenters. The van der Waals surface area contributed by atoms with Crippen molar-refractivity contribution in [3.63, 3.8) is 0 Å². The van der Waals surface area contributed by atoms with E-state index in [4.69, 9.17) is 10.5 Å². The molecule has 1 aromatic heterocycles. The van der Waals surface area contributed by atoms with Crippen molar-refractivity contribution in [1.29, 1.82) is 0 Å². The maximum Gasteiger partial charge on any atom is 0.139 e. The standard InChI is InChI=1S/C13H14FNOS/c1-9(15)13(10-6-7-17-8-10)16-12-4-2-11(14)3-5-12/h2-9,13H,15H2,1H3. The first-order valence-electron chi connectivity index (χ1n) is 5.36. The fraction of sp³-hybridized carbons (Fsp3) is 0.231. The van der Waals surface area contributed by atoms with Crippen LogP contribution in [0.2, 0.25) is 0 Å². The molecule has 0 spiro atoms. The summed E-state index contributed by atoms with van der Waals surface area (Å²) in [6, 6.07) is 7.83. The Bertz CT molecular complexity index is 453. The molecule has 4 heteroatoms. The summed E-state index contributed by atoms with van der Waals surface area (Å²) < 4.78 is 18.6. The third kappa shape index (κ3) is 3.05. The summed E-state index contributed by atoms with van der Waals surface area (Å²) >= 11 is 1.60. The average Bonchev–Trinajstić information content (AvgIpc) is 2.81. The summed E-state index contributed by atoms with van der Waals surface area (Å²) in [5.74, 6) is 0.352. The molecular formula is C13H14FNOS. The first kappa shape index (κ1) is 12.1. The van der Waals surface area contributed by atoms with Gasteiger partial charge in [0, 0.05) is 11.6 Å². The maximum absolute atomic E-state index is 12.8. The highest BCUT2D eigenvalue weighted by Crippen LogP contribution is 2.25. The molecule has 2 unspecified atom stereocenters. The predicted molar refractivity (Wildman–Crippen MR) is 67.7 cm³/mol. The highest BCUT2D eigenvalue weighted by Gasteiger charge is 2.18. The van der Waals surface area contributed by atoms with Gasteiger partial charge in [-0.3, -0.25) is 0 Å². The van der Waals surface area contributed by atoms with Gasteiger partial charge >= 0.3 is 0 Å². The minimum absolute atomic E-state index is 0.130. The van der Waals surface area contributed by atoms with Crippen molar-refractivity contribution in [2.24, 2.45) is 5.73 Å². The Morgan fingerprint density at radius 1 is 1.24 bits per heavy atom. The largest absolute Gasteiger partial charge is 0.484 e. The molecule has 0 aliphatic carbocycles. The van der Waals surface area contributed by atoms with E-state index in [1.807, 2.05) is 23.8 Å². The minimum atomic E-state index is -0.273. The normalized spacial score (nSPS) is 14.3. The number of halogens is 1. The van der Waals surface area contributed by atoms with Crippen molar-refractivity contribution < 1.29 is 9.13 Å². The molecule has 0 aliphatic heterocycles. The van der Waals surface area contributed by atoms with E-state index in [1.165, 1.54) is 12.1 Å². The van der Waals surface area contributed by atoms with Crippen molar-refractivity contribution >= 4 is 11.3 Å². The van der Waals surface area contributed by atoms with Crippen LogP contribution in [0.4, 0.5) is 4.39 Å². The molecule has 17 heavy (non-hydrogen) atoms. The smallest absolute Gasteiger partial charge is 0.139 e. The van der Waals surface area contributed by atoms with Gasteiger partial charge in [-0.1, -0.05) is 0 Å². The van der Waals surface area contributed by atoms with Crippen LogP contribution in [0.3, 0.4) is 0 Å². The van der Waals surface area contributed by atoms with Crippen molar-refractivity contribution in [1.82, 2.24) is 0 Å². The Hall–Kier alpha value is -1.39. The molecule has 0 bridgehead atoms. The summed E-state index contributed by atoms with van der Waals surface area (Å²) in [6.07, 6.45) is -0.202. The SMILES string of the molecule is CC(N)C(Oc1ccc(F)cc1)c1ccsc1. The lowest BCUT2D eigenvalue weighted by Gasteiger charge is -2.21. The average molecular weight is 251 g/mol. The summed E-state index contributed by atoms with van der Waals surface area (Å²) in [7, 11) is 0. The molecule has 0 saturated heterocycles. The highest BCUT2D eigenvalue weighted by molar-refractivity contribution is 7.07. The number of benzene rings is 1. The van der Waals surface area contributed by atoms with E-state index >= 15 is 0 Å². The van der Waals surface area contributed by atoms with Crippen LogP contribution in [-0.2, 0) is 0 Å². The number of nitrogens with two attached hydrogens (primary N) is 1. The van der Waals surface area contributed by atoms with Crippen LogP contribution in [0.25, 0.3) is 0 Å². The molecule has 0 radical (unpaired) electrons. The van der Waals surface area contributed by atoms with Crippen LogP contribution in [0, 0.1) is 5.82 Å². The third-order valence-electron chi connectivity index (χ3n) is 2.43. The number of rotatable bonds is 4. The Labute approximate surface area is 104 Å². The van der Waals surface area contributed by atoms with E-state index in [-0.39, 0.29) is 18.0 Å². The van der Waals surface area contributed by atoms with Gasteiger partial charge in [0.05, 0.1) is 0 Å². The molecule has 2 aromatic rings. The molecule has 1 heterocycles. The van der Waals surface area contributed by atoms with Crippen LogP contribution in [0.5, 0.6) is 5.75 Å². The molecule has 0 fully saturated rings. The third-order valence-corrected chi connectivity index (χ3v) is 3.13. The van der Waals surface area contributed by atoms with Crippen LogP contribution in [0.1, 0.15) is 18.6 Å². The second-order valence-corrected chi connectivity index (χ2v) is 4.69. The molecule has 1 aromatic carbocycles. The van der Waals surface area contributed by atoms with Crippen molar-refractivity contribution in [3.8, 4) is 5.75 Å². The van der Waals surface area contributed by atoms with Gasteiger partial charge in [-0.25, -0.2) is 4.39 Å². The number of hydrogen-bond donors (Lipinski definition) is 1. The zero-order chi connectivity index (χ0) is 12.3. The van der Waals surface area contributed by atoms with Crippen LogP contribution in [-0.4, -0.2) is 6.04 Å². The quantitative estimate of drug-likeness (QED) is 0.904. The molecule has 2 N–H and O–H groups in total. The highest BCUT2D eigenvalue weighted by atomic mass is 32.1. The zero-order valence-corrected chi connectivity index (χ0v) is 10.3. The predicted octanol–water partition coefficient (Wildman–Crippen LogP) is 3.35. The van der Waals surface area contributed by atoms with Gasteiger partial charge in [-0.05, 0) is 48.0 Å². The number of thiophene rings is 1. The second kappa shape index (κ2) is 5.29. The fourth-order valence-corrected chi connectivity index (χ4v) is 2.26. The van der Waals surface area contributed by atoms with Gasteiger partial charge in [-0.15, -0.1) is 0 Å². The van der Waals surface area contributed by atoms with Gasteiger partial charge in [-0.2, -0.15) is 11.3 Å². The van der Waals surface area contributed by atoms with E-state index < -0.39 is 0 Å². The molecule has 2 nitrogen and oxygen atoms in total. The zero-order valence-electron chi connectivity index (χ0n) is 9.47. The molecular weight excluding hydrogens is 237 g/mol. The summed E-state index contributed by atoms with van der Waals surface area (Å²) in [5, 5.41) is 4.00. The number of ether oxygens (including phenoxy) is 1. The lowest BCUT2D eigenvalue weighted by atomic mass is 10.1. The van der Waals surface area contributed by atoms with Crippen LogP contribution < -0.4 is 10.5 Å². The second-order valence-electron chi connectivity index (χ2n) is 3.91. The van der Waals surface area contributed by atoms with Gasteiger partial charge in [0.1, 0.15) is 17.7 Å². The fourth-order valence-electron chi connectivity index (χ4n) is 1.58. The maximum atomic E-state index is 12.8. The summed E-state index contributed by atoms with van der Waals surface area (Å²) in [6.45, 7) is 1.89. The van der Waals surface area contributed by atoms with Gasteiger partial charge in [0.15, 0.2) is 0 Å². The van der Waals surface area contributed by atoms with Gasteiger partial charge in [0.25, 0.3) is 0 Å². The van der Waals surface area contributed by atoms with Gasteiger partial charge in [0.2, 0.25) is 0 Å². The molecule has 0 saturated carbocycles. The van der Waals surface area contributed by atoms with Crippen LogP contribution in [0.15, 0.2) is 41.1 Å². The first-order valence-corrected chi connectivity index (χ1v) is 6.31. The lowest BCUT2D eigenvalue weighted by Crippen LogP contribution is -2.28.